The van der Waals surface area contributed by atoms with Gasteiger partial charge in [0.2, 0.25) is 0 Å². The van der Waals surface area contributed by atoms with Crippen LogP contribution in [-0.2, 0) is 6.54 Å². The van der Waals surface area contributed by atoms with E-state index in [0.717, 1.165) is 26.8 Å². The lowest BCUT2D eigenvalue weighted by Gasteiger charge is -2.11. The van der Waals surface area contributed by atoms with Crippen LogP contribution in [0.15, 0.2) is 53.0 Å². The lowest BCUT2D eigenvalue weighted by molar-refractivity contribution is 0.627. The Morgan fingerprint density at radius 2 is 1.95 bits per heavy atom. The molecule has 0 fully saturated rings. The quantitative estimate of drug-likeness (QED) is 0.718. The summed E-state index contributed by atoms with van der Waals surface area (Å²) < 4.78 is 13.8. The van der Waals surface area contributed by atoms with Gasteiger partial charge in [0.1, 0.15) is 5.82 Å². The van der Waals surface area contributed by atoms with Gasteiger partial charge in [0.05, 0.1) is 5.52 Å². The van der Waals surface area contributed by atoms with Gasteiger partial charge in [-0.15, -0.1) is 0 Å². The molecule has 1 aromatic heterocycles. The van der Waals surface area contributed by atoms with Crippen LogP contribution in [0.1, 0.15) is 11.3 Å². The molecule has 0 unspecified atom stereocenters. The van der Waals surface area contributed by atoms with Gasteiger partial charge < -0.3 is 5.32 Å². The number of aromatic nitrogens is 1. The number of halogens is 2. The zero-order chi connectivity index (χ0) is 14.8. The summed E-state index contributed by atoms with van der Waals surface area (Å²) in [5.41, 5.74) is 4.03. The van der Waals surface area contributed by atoms with Gasteiger partial charge in [-0.1, -0.05) is 18.2 Å². The standard InChI is InChI=1S/C17H14BrFN2/c1-11-8-12(14-4-2-3-5-16(14)21-11)10-20-17-7-6-13(19)9-15(17)18/h2-9,20H,10H2,1H3. The minimum absolute atomic E-state index is 0.252. The van der Waals surface area contributed by atoms with Crippen LogP contribution in [0.4, 0.5) is 10.1 Å². The van der Waals surface area contributed by atoms with E-state index in [0.29, 0.717) is 6.54 Å². The van der Waals surface area contributed by atoms with Crippen LogP contribution in [0.5, 0.6) is 0 Å². The highest BCUT2D eigenvalue weighted by Gasteiger charge is 2.05. The van der Waals surface area contributed by atoms with E-state index in [9.17, 15) is 4.39 Å². The van der Waals surface area contributed by atoms with Crippen molar-refractivity contribution in [1.29, 1.82) is 0 Å². The van der Waals surface area contributed by atoms with E-state index in [1.165, 1.54) is 17.7 Å². The van der Waals surface area contributed by atoms with Crippen molar-refractivity contribution in [2.24, 2.45) is 0 Å². The summed E-state index contributed by atoms with van der Waals surface area (Å²) in [5, 5.41) is 4.47. The van der Waals surface area contributed by atoms with E-state index in [-0.39, 0.29) is 5.82 Å². The summed E-state index contributed by atoms with van der Waals surface area (Å²) >= 11 is 3.37. The summed E-state index contributed by atoms with van der Waals surface area (Å²) in [6.07, 6.45) is 0. The van der Waals surface area contributed by atoms with Crippen LogP contribution in [0, 0.1) is 12.7 Å². The maximum atomic E-state index is 13.1. The summed E-state index contributed by atoms with van der Waals surface area (Å²) in [7, 11) is 0. The van der Waals surface area contributed by atoms with Crippen LogP contribution in [-0.4, -0.2) is 4.98 Å². The summed E-state index contributed by atoms with van der Waals surface area (Å²) in [6, 6.07) is 14.8. The van der Waals surface area contributed by atoms with Crippen molar-refractivity contribution in [2.75, 3.05) is 5.32 Å². The number of pyridine rings is 1. The van der Waals surface area contributed by atoms with E-state index < -0.39 is 0 Å². The fourth-order valence-corrected chi connectivity index (χ4v) is 2.86. The molecule has 2 nitrogen and oxygen atoms in total. The Balaban J connectivity index is 1.91. The van der Waals surface area contributed by atoms with Crippen LogP contribution in [0.3, 0.4) is 0 Å². The molecule has 0 radical (unpaired) electrons. The van der Waals surface area contributed by atoms with E-state index >= 15 is 0 Å². The minimum atomic E-state index is -0.252. The molecule has 21 heavy (non-hydrogen) atoms. The molecule has 0 amide bonds. The van der Waals surface area contributed by atoms with Gasteiger partial charge in [-0.2, -0.15) is 0 Å². The monoisotopic (exact) mass is 344 g/mol. The molecule has 2 aromatic carbocycles. The summed E-state index contributed by atoms with van der Waals surface area (Å²) in [4.78, 5) is 4.53. The predicted octanol–water partition coefficient (Wildman–Crippen LogP) is 5.06. The third kappa shape index (κ3) is 3.05. The van der Waals surface area contributed by atoms with Gasteiger partial charge >= 0.3 is 0 Å². The first-order valence-corrected chi connectivity index (χ1v) is 7.47. The van der Waals surface area contributed by atoms with Gasteiger partial charge in [0.15, 0.2) is 0 Å². The van der Waals surface area contributed by atoms with Gasteiger partial charge in [0, 0.05) is 27.8 Å². The van der Waals surface area contributed by atoms with Crippen molar-refractivity contribution in [3.63, 3.8) is 0 Å². The number of aryl methyl sites for hydroxylation is 1. The minimum Gasteiger partial charge on any atom is -0.380 e. The fourth-order valence-electron chi connectivity index (χ4n) is 2.36. The Morgan fingerprint density at radius 1 is 1.14 bits per heavy atom. The zero-order valence-electron chi connectivity index (χ0n) is 11.5. The molecule has 0 aliphatic rings. The summed E-state index contributed by atoms with van der Waals surface area (Å²) in [5.74, 6) is -0.252. The maximum absolute atomic E-state index is 13.1. The predicted molar refractivity (Wildman–Crippen MR) is 87.9 cm³/mol. The van der Waals surface area contributed by atoms with Crippen molar-refractivity contribution < 1.29 is 4.39 Å². The van der Waals surface area contributed by atoms with Crippen molar-refractivity contribution in [2.45, 2.75) is 13.5 Å². The largest absolute Gasteiger partial charge is 0.380 e. The fraction of sp³-hybridized carbons (Fsp3) is 0.118. The molecule has 0 saturated carbocycles. The third-order valence-electron chi connectivity index (χ3n) is 3.33. The summed E-state index contributed by atoms with van der Waals surface area (Å²) in [6.45, 7) is 2.65. The molecule has 106 valence electrons. The number of fused-ring (bicyclic) bond motifs is 1. The van der Waals surface area contributed by atoms with Gasteiger partial charge in [-0.25, -0.2) is 4.39 Å². The Kier molecular flexibility index (Phi) is 3.88. The van der Waals surface area contributed by atoms with E-state index in [1.807, 2.05) is 25.1 Å². The van der Waals surface area contributed by atoms with Crippen LogP contribution < -0.4 is 5.32 Å². The Hall–Kier alpha value is -1.94. The smallest absolute Gasteiger partial charge is 0.124 e. The number of benzene rings is 2. The zero-order valence-corrected chi connectivity index (χ0v) is 13.1. The van der Waals surface area contributed by atoms with Crippen molar-refractivity contribution in [3.8, 4) is 0 Å². The molecule has 0 aliphatic heterocycles. The number of para-hydroxylation sites is 1. The highest BCUT2D eigenvalue weighted by Crippen LogP contribution is 2.25. The Labute approximate surface area is 131 Å². The molecule has 1 heterocycles. The van der Waals surface area contributed by atoms with Crippen LogP contribution in [0.25, 0.3) is 10.9 Å². The average molecular weight is 345 g/mol. The molecule has 4 heteroatoms. The van der Waals surface area contributed by atoms with Gasteiger partial charge in [0.25, 0.3) is 0 Å². The molecular formula is C17H14BrFN2. The Morgan fingerprint density at radius 3 is 2.76 bits per heavy atom. The van der Waals surface area contributed by atoms with E-state index in [1.54, 1.807) is 6.07 Å². The molecular weight excluding hydrogens is 331 g/mol. The second kappa shape index (κ2) is 5.82. The maximum Gasteiger partial charge on any atom is 0.124 e. The SMILES string of the molecule is Cc1cc(CNc2ccc(F)cc2Br)c2ccccc2n1. The number of rotatable bonds is 3. The second-order valence-electron chi connectivity index (χ2n) is 4.92. The molecule has 0 saturated heterocycles. The van der Waals surface area contributed by atoms with Crippen molar-refractivity contribution >= 4 is 32.5 Å². The first kappa shape index (κ1) is 14.0. The number of hydrogen-bond donors (Lipinski definition) is 1. The number of nitrogens with one attached hydrogen (secondary N) is 1. The van der Waals surface area contributed by atoms with E-state index in [2.05, 4.69) is 38.4 Å². The number of hydrogen-bond acceptors (Lipinski definition) is 2. The average Bonchev–Trinajstić information content (AvgIpc) is 2.46. The lowest BCUT2D eigenvalue weighted by atomic mass is 10.1. The molecule has 1 N–H and O–H groups in total. The lowest BCUT2D eigenvalue weighted by Crippen LogP contribution is -2.02. The highest BCUT2D eigenvalue weighted by atomic mass is 79.9. The number of anilines is 1. The highest BCUT2D eigenvalue weighted by molar-refractivity contribution is 9.10. The van der Waals surface area contributed by atoms with Crippen LogP contribution >= 0.6 is 15.9 Å². The van der Waals surface area contributed by atoms with E-state index in [4.69, 9.17) is 0 Å². The Bertz CT molecular complexity index is 802. The third-order valence-corrected chi connectivity index (χ3v) is 3.99. The molecule has 3 aromatic rings. The molecule has 0 aliphatic carbocycles. The van der Waals surface area contributed by atoms with Crippen LogP contribution in [0.2, 0.25) is 0 Å². The first-order valence-electron chi connectivity index (χ1n) is 6.68. The molecule has 0 atom stereocenters. The molecule has 0 bridgehead atoms. The van der Waals surface area contributed by atoms with Gasteiger partial charge in [-0.05, 0) is 58.7 Å². The topological polar surface area (TPSA) is 24.9 Å². The normalized spacial score (nSPS) is 10.8. The van der Waals surface area contributed by atoms with Gasteiger partial charge in [-0.3, -0.25) is 4.98 Å². The molecule has 3 rings (SSSR count). The van der Waals surface area contributed by atoms with Crippen molar-refractivity contribution in [3.05, 3.63) is 70.1 Å². The van der Waals surface area contributed by atoms with Crippen molar-refractivity contribution in [1.82, 2.24) is 4.98 Å². The second-order valence-corrected chi connectivity index (χ2v) is 5.77. The number of nitrogens with zero attached hydrogens (tertiary/aromatic N) is 1. The first-order chi connectivity index (χ1) is 10.1. The molecule has 0 spiro atoms.